The van der Waals surface area contributed by atoms with Crippen LogP contribution >= 0.6 is 0 Å². The maximum Gasteiger partial charge on any atom is 0.254 e. The summed E-state index contributed by atoms with van der Waals surface area (Å²) in [7, 11) is 1.77. The lowest BCUT2D eigenvalue weighted by Gasteiger charge is -2.32. The second-order valence-corrected chi connectivity index (χ2v) is 7.77. The lowest BCUT2D eigenvalue weighted by molar-refractivity contribution is -0.132. The van der Waals surface area contributed by atoms with Crippen molar-refractivity contribution in [1.82, 2.24) is 20.0 Å². The number of nitrogens with one attached hydrogen (secondary N) is 1. The smallest absolute Gasteiger partial charge is 0.254 e. The van der Waals surface area contributed by atoms with E-state index in [1.807, 2.05) is 32.0 Å². The van der Waals surface area contributed by atoms with E-state index >= 15 is 0 Å². The van der Waals surface area contributed by atoms with Gasteiger partial charge in [0, 0.05) is 50.8 Å². The molecule has 7 nitrogen and oxygen atoms in total. The molecule has 7 heteroatoms. The second-order valence-electron chi connectivity index (χ2n) is 7.77. The first-order chi connectivity index (χ1) is 13.8. The van der Waals surface area contributed by atoms with Crippen LogP contribution in [0.2, 0.25) is 0 Å². The summed E-state index contributed by atoms with van der Waals surface area (Å²) in [5.74, 6) is -0.124. The van der Waals surface area contributed by atoms with Crippen molar-refractivity contribution in [2.45, 2.75) is 45.6 Å². The maximum absolute atomic E-state index is 12.5. The number of aromatic nitrogens is 2. The summed E-state index contributed by atoms with van der Waals surface area (Å²) >= 11 is 0. The average molecular weight is 396 g/mol. The number of hydrogen-bond acceptors (Lipinski definition) is 4. The summed E-state index contributed by atoms with van der Waals surface area (Å²) in [4.78, 5) is 39.0. The molecule has 1 aromatic carbocycles. The molecule has 1 saturated heterocycles. The van der Waals surface area contributed by atoms with Crippen molar-refractivity contribution in [2.75, 3.05) is 13.1 Å². The molecule has 1 fully saturated rings. The minimum atomic E-state index is -0.137. The Hall–Kier alpha value is -2.96. The van der Waals surface area contributed by atoms with Crippen LogP contribution in [-0.2, 0) is 11.8 Å². The van der Waals surface area contributed by atoms with E-state index in [4.69, 9.17) is 0 Å². The minimum Gasteiger partial charge on any atom is -0.349 e. The van der Waals surface area contributed by atoms with Crippen LogP contribution in [0.1, 0.15) is 57.5 Å². The van der Waals surface area contributed by atoms with E-state index in [-0.39, 0.29) is 36.5 Å². The zero-order chi connectivity index (χ0) is 21.0. The van der Waals surface area contributed by atoms with Crippen molar-refractivity contribution in [3.05, 3.63) is 52.8 Å². The molecule has 1 aromatic heterocycles. The van der Waals surface area contributed by atoms with Gasteiger partial charge in [-0.05, 0) is 38.3 Å². The highest BCUT2D eigenvalue weighted by Crippen LogP contribution is 2.16. The van der Waals surface area contributed by atoms with Crippen molar-refractivity contribution in [3.63, 3.8) is 0 Å². The monoisotopic (exact) mass is 396 g/mol. The molecule has 0 radical (unpaired) electrons. The number of likely N-dealkylation sites (tertiary alicyclic amines) is 1. The number of carbonyl (C=O) groups excluding carboxylic acids is 3. The molecule has 1 N–H and O–H groups in total. The van der Waals surface area contributed by atoms with Crippen molar-refractivity contribution in [3.8, 4) is 0 Å². The van der Waals surface area contributed by atoms with Crippen LogP contribution in [0.4, 0.5) is 0 Å². The van der Waals surface area contributed by atoms with Crippen LogP contribution in [0.5, 0.6) is 0 Å². The first kappa shape index (κ1) is 20.8. The number of nitrogens with zero attached hydrogens (tertiary/aromatic N) is 3. The van der Waals surface area contributed by atoms with E-state index in [9.17, 15) is 14.4 Å². The molecular formula is C22H28N4O3. The fourth-order valence-electron chi connectivity index (χ4n) is 3.63. The SMILES string of the molecule is Cc1ccc(C)c(C(=O)CCC(=O)N2CCC(NC(=O)c3cnn(C)c3)CC2)c1. The maximum atomic E-state index is 12.5. The number of amides is 2. The van der Waals surface area contributed by atoms with Gasteiger partial charge in [-0.3, -0.25) is 19.1 Å². The molecule has 2 amide bonds. The summed E-state index contributed by atoms with van der Waals surface area (Å²) in [6.45, 7) is 5.06. The van der Waals surface area contributed by atoms with Gasteiger partial charge in [-0.25, -0.2) is 0 Å². The Morgan fingerprint density at radius 1 is 1.14 bits per heavy atom. The Labute approximate surface area is 171 Å². The first-order valence-corrected chi connectivity index (χ1v) is 10.0. The molecule has 3 rings (SSSR count). The fourth-order valence-corrected chi connectivity index (χ4v) is 3.63. The largest absolute Gasteiger partial charge is 0.349 e. The van der Waals surface area contributed by atoms with Crippen LogP contribution < -0.4 is 5.32 Å². The molecule has 154 valence electrons. The van der Waals surface area contributed by atoms with Crippen molar-refractivity contribution < 1.29 is 14.4 Å². The molecule has 0 unspecified atom stereocenters. The lowest BCUT2D eigenvalue weighted by Crippen LogP contribution is -2.46. The Balaban J connectivity index is 1.44. The van der Waals surface area contributed by atoms with E-state index < -0.39 is 0 Å². The quantitative estimate of drug-likeness (QED) is 0.760. The summed E-state index contributed by atoms with van der Waals surface area (Å²) in [6.07, 6.45) is 5.09. The van der Waals surface area contributed by atoms with Crippen LogP contribution in [0.3, 0.4) is 0 Å². The molecule has 1 aliphatic heterocycles. The summed E-state index contributed by atoms with van der Waals surface area (Å²) in [5.41, 5.74) is 3.23. The molecule has 0 atom stereocenters. The Bertz CT molecular complexity index is 911. The van der Waals surface area contributed by atoms with Gasteiger partial charge in [0.15, 0.2) is 5.78 Å². The highest BCUT2D eigenvalue weighted by molar-refractivity contribution is 5.99. The number of Topliss-reactive ketones (excluding diaryl/α,β-unsaturated/α-hetero) is 1. The van der Waals surface area contributed by atoms with Crippen LogP contribution in [0.25, 0.3) is 0 Å². The highest BCUT2D eigenvalue weighted by atomic mass is 16.2. The predicted molar refractivity (Wildman–Crippen MR) is 110 cm³/mol. The molecule has 29 heavy (non-hydrogen) atoms. The van der Waals surface area contributed by atoms with Crippen molar-refractivity contribution >= 4 is 17.6 Å². The summed E-state index contributed by atoms with van der Waals surface area (Å²) < 4.78 is 1.59. The topological polar surface area (TPSA) is 84.3 Å². The van der Waals surface area contributed by atoms with Gasteiger partial charge in [0.2, 0.25) is 5.91 Å². The zero-order valence-corrected chi connectivity index (χ0v) is 17.3. The van der Waals surface area contributed by atoms with E-state index in [1.165, 1.54) is 0 Å². The Kier molecular flexibility index (Phi) is 6.46. The zero-order valence-electron chi connectivity index (χ0n) is 17.3. The Morgan fingerprint density at radius 3 is 2.52 bits per heavy atom. The van der Waals surface area contributed by atoms with Crippen LogP contribution in [-0.4, -0.2) is 51.4 Å². The molecule has 2 aromatic rings. The molecule has 1 aliphatic rings. The first-order valence-electron chi connectivity index (χ1n) is 10.0. The van der Waals surface area contributed by atoms with E-state index in [0.717, 1.165) is 11.1 Å². The van der Waals surface area contributed by atoms with Gasteiger partial charge < -0.3 is 10.2 Å². The van der Waals surface area contributed by atoms with Crippen LogP contribution in [0, 0.1) is 13.8 Å². The number of hydrogen-bond donors (Lipinski definition) is 1. The van der Waals surface area contributed by atoms with Crippen LogP contribution in [0.15, 0.2) is 30.6 Å². The standard InChI is InChI=1S/C22H28N4O3/c1-15-4-5-16(2)19(12-15)20(27)6-7-21(28)26-10-8-18(9-11-26)24-22(29)17-13-23-25(3)14-17/h4-5,12-14,18H,6-11H2,1-3H3,(H,24,29). The third-order valence-electron chi connectivity index (χ3n) is 5.41. The van der Waals surface area contributed by atoms with Crippen molar-refractivity contribution in [1.29, 1.82) is 0 Å². The number of carbonyl (C=O) groups is 3. The van der Waals surface area contributed by atoms with Gasteiger partial charge in [0.1, 0.15) is 0 Å². The molecule has 0 bridgehead atoms. The third-order valence-corrected chi connectivity index (χ3v) is 5.41. The Morgan fingerprint density at radius 2 is 1.86 bits per heavy atom. The minimum absolute atomic E-state index is 0.000641. The molecule has 0 spiro atoms. The van der Waals surface area contributed by atoms with Crippen molar-refractivity contribution in [2.24, 2.45) is 7.05 Å². The summed E-state index contributed by atoms with van der Waals surface area (Å²) in [5, 5.41) is 7.01. The highest BCUT2D eigenvalue weighted by Gasteiger charge is 2.25. The number of ketones is 1. The van der Waals surface area contributed by atoms with Gasteiger partial charge in [0.25, 0.3) is 5.91 Å². The number of piperidine rings is 1. The number of rotatable bonds is 6. The predicted octanol–water partition coefficient (Wildman–Crippen LogP) is 2.42. The lowest BCUT2D eigenvalue weighted by atomic mass is 9.98. The number of benzene rings is 1. The van der Waals surface area contributed by atoms with Gasteiger partial charge in [-0.1, -0.05) is 17.7 Å². The molecule has 2 heterocycles. The van der Waals surface area contributed by atoms with E-state index in [1.54, 1.807) is 29.0 Å². The summed E-state index contributed by atoms with van der Waals surface area (Å²) in [6, 6.07) is 5.85. The van der Waals surface area contributed by atoms with E-state index in [2.05, 4.69) is 10.4 Å². The van der Waals surface area contributed by atoms with Gasteiger partial charge in [0.05, 0.1) is 11.8 Å². The molecule has 0 aliphatic carbocycles. The molecular weight excluding hydrogens is 368 g/mol. The normalized spacial score (nSPS) is 14.7. The number of aryl methyl sites for hydroxylation is 3. The van der Waals surface area contributed by atoms with E-state index in [0.29, 0.717) is 37.1 Å². The second kappa shape index (κ2) is 9.03. The average Bonchev–Trinajstić information content (AvgIpc) is 3.15. The fraction of sp³-hybridized carbons (Fsp3) is 0.455. The third kappa shape index (κ3) is 5.31. The molecule has 0 saturated carbocycles. The van der Waals surface area contributed by atoms with Gasteiger partial charge >= 0.3 is 0 Å². The van der Waals surface area contributed by atoms with Gasteiger partial charge in [-0.15, -0.1) is 0 Å². The van der Waals surface area contributed by atoms with Gasteiger partial charge in [-0.2, -0.15) is 5.10 Å².